The van der Waals surface area contributed by atoms with Gasteiger partial charge in [-0.3, -0.25) is 0 Å². The van der Waals surface area contributed by atoms with Crippen molar-refractivity contribution in [1.82, 2.24) is 0 Å². The summed E-state index contributed by atoms with van der Waals surface area (Å²) in [6.45, 7) is 11.1. The second-order valence-corrected chi connectivity index (χ2v) is 4.70. The third-order valence-corrected chi connectivity index (χ3v) is 3.30. The average molecular weight is 172 g/mol. The fourth-order valence-corrected chi connectivity index (χ4v) is 1.20. The fourth-order valence-electron chi connectivity index (χ4n) is 1.20. The van der Waals surface area contributed by atoms with Crippen molar-refractivity contribution in [2.24, 2.45) is 5.41 Å². The molecule has 0 bridgehead atoms. The molecular weight excluding hydrogens is 148 g/mol. The highest BCUT2D eigenvalue weighted by Gasteiger charge is 2.36. The molecule has 1 nitrogen and oxygen atoms in total. The molecule has 0 atom stereocenters. The quantitative estimate of drug-likeness (QED) is 0.615. The molecule has 0 radical (unpaired) electrons. The minimum absolute atomic E-state index is 0.0117. The summed E-state index contributed by atoms with van der Waals surface area (Å²) in [7, 11) is 1.80. The standard InChI is InChI=1S/C11H24O/c1-7-8-9-10(2,3)11(4,5)12-6/h7-9H2,1-6H3. The van der Waals surface area contributed by atoms with E-state index in [1.165, 1.54) is 19.3 Å². The van der Waals surface area contributed by atoms with E-state index in [1.807, 2.05) is 0 Å². The van der Waals surface area contributed by atoms with Gasteiger partial charge in [-0.05, 0) is 25.7 Å². The molecule has 74 valence electrons. The molecule has 0 aliphatic heterocycles. The van der Waals surface area contributed by atoms with Crippen molar-refractivity contribution in [2.75, 3.05) is 7.11 Å². The van der Waals surface area contributed by atoms with Crippen LogP contribution in [0.25, 0.3) is 0 Å². The highest BCUT2D eigenvalue weighted by molar-refractivity contribution is 4.86. The Bertz CT molecular complexity index is 125. The summed E-state index contributed by atoms with van der Waals surface area (Å²) in [6.07, 6.45) is 3.80. The third-order valence-electron chi connectivity index (χ3n) is 3.30. The van der Waals surface area contributed by atoms with E-state index < -0.39 is 0 Å². The molecule has 0 unspecified atom stereocenters. The number of hydrogen-bond donors (Lipinski definition) is 0. The molecular formula is C11H24O. The molecule has 0 aromatic heterocycles. The Morgan fingerprint density at radius 1 is 1.08 bits per heavy atom. The van der Waals surface area contributed by atoms with Gasteiger partial charge in [0.2, 0.25) is 0 Å². The van der Waals surface area contributed by atoms with Crippen LogP contribution >= 0.6 is 0 Å². The van der Waals surface area contributed by atoms with Crippen molar-refractivity contribution in [3.63, 3.8) is 0 Å². The van der Waals surface area contributed by atoms with Gasteiger partial charge >= 0.3 is 0 Å². The topological polar surface area (TPSA) is 9.23 Å². The van der Waals surface area contributed by atoms with Crippen LogP contribution in [0.4, 0.5) is 0 Å². The van der Waals surface area contributed by atoms with E-state index in [9.17, 15) is 0 Å². The van der Waals surface area contributed by atoms with Gasteiger partial charge in [0.25, 0.3) is 0 Å². The molecule has 0 amide bonds. The molecule has 0 aromatic carbocycles. The van der Waals surface area contributed by atoms with Crippen LogP contribution in [0, 0.1) is 5.41 Å². The third kappa shape index (κ3) is 2.78. The van der Waals surface area contributed by atoms with E-state index in [4.69, 9.17) is 4.74 Å². The van der Waals surface area contributed by atoms with Crippen LogP contribution in [0.1, 0.15) is 53.9 Å². The largest absolute Gasteiger partial charge is 0.378 e. The number of unbranched alkanes of at least 4 members (excludes halogenated alkanes) is 1. The maximum Gasteiger partial charge on any atom is 0.0673 e. The Labute approximate surface area is 77.5 Å². The Balaban J connectivity index is 4.17. The van der Waals surface area contributed by atoms with Gasteiger partial charge in [0.1, 0.15) is 0 Å². The van der Waals surface area contributed by atoms with Gasteiger partial charge in [-0.25, -0.2) is 0 Å². The van der Waals surface area contributed by atoms with Crippen LogP contribution in [-0.2, 0) is 4.74 Å². The first-order valence-electron chi connectivity index (χ1n) is 4.92. The normalized spacial score (nSPS) is 13.5. The average Bonchev–Trinajstić information content (AvgIpc) is 2.00. The molecule has 0 rings (SSSR count). The van der Waals surface area contributed by atoms with Crippen molar-refractivity contribution in [3.05, 3.63) is 0 Å². The van der Waals surface area contributed by atoms with Crippen molar-refractivity contribution in [3.8, 4) is 0 Å². The van der Waals surface area contributed by atoms with Crippen molar-refractivity contribution in [1.29, 1.82) is 0 Å². The van der Waals surface area contributed by atoms with Crippen molar-refractivity contribution >= 4 is 0 Å². The lowest BCUT2D eigenvalue weighted by Gasteiger charge is -2.40. The fraction of sp³-hybridized carbons (Fsp3) is 1.00. The van der Waals surface area contributed by atoms with Gasteiger partial charge in [-0.2, -0.15) is 0 Å². The second kappa shape index (κ2) is 4.27. The zero-order valence-electron chi connectivity index (χ0n) is 9.53. The maximum absolute atomic E-state index is 5.50. The minimum Gasteiger partial charge on any atom is -0.378 e. The number of hydrogen-bond acceptors (Lipinski definition) is 1. The highest BCUT2D eigenvalue weighted by atomic mass is 16.5. The Morgan fingerprint density at radius 3 is 1.92 bits per heavy atom. The molecule has 0 aliphatic carbocycles. The molecule has 0 heterocycles. The van der Waals surface area contributed by atoms with Crippen LogP contribution in [0.15, 0.2) is 0 Å². The van der Waals surface area contributed by atoms with Crippen LogP contribution in [0.2, 0.25) is 0 Å². The first-order chi connectivity index (χ1) is 5.37. The SMILES string of the molecule is CCCCC(C)(C)C(C)(C)OC. The zero-order valence-corrected chi connectivity index (χ0v) is 9.53. The Kier molecular flexibility index (Phi) is 4.25. The Hall–Kier alpha value is -0.0400. The molecule has 0 aromatic rings. The van der Waals surface area contributed by atoms with Crippen LogP contribution in [-0.4, -0.2) is 12.7 Å². The lowest BCUT2D eigenvalue weighted by molar-refractivity contribution is -0.0751. The first kappa shape index (κ1) is 12.0. The summed E-state index contributed by atoms with van der Waals surface area (Å²) < 4.78 is 5.50. The van der Waals surface area contributed by atoms with Crippen molar-refractivity contribution in [2.45, 2.75) is 59.5 Å². The number of rotatable bonds is 5. The van der Waals surface area contributed by atoms with Gasteiger partial charge in [-0.15, -0.1) is 0 Å². The van der Waals surface area contributed by atoms with Crippen LogP contribution < -0.4 is 0 Å². The number of methoxy groups -OCH3 is 1. The minimum atomic E-state index is -0.0117. The van der Waals surface area contributed by atoms with Gasteiger partial charge in [-0.1, -0.05) is 33.6 Å². The molecule has 0 fully saturated rings. The zero-order chi connectivity index (χ0) is 9.83. The van der Waals surface area contributed by atoms with E-state index in [0.29, 0.717) is 0 Å². The summed E-state index contributed by atoms with van der Waals surface area (Å²) >= 11 is 0. The summed E-state index contributed by atoms with van der Waals surface area (Å²) in [4.78, 5) is 0. The monoisotopic (exact) mass is 172 g/mol. The smallest absolute Gasteiger partial charge is 0.0673 e. The highest BCUT2D eigenvalue weighted by Crippen LogP contribution is 2.37. The molecule has 1 heteroatoms. The Morgan fingerprint density at radius 2 is 1.58 bits per heavy atom. The van der Waals surface area contributed by atoms with E-state index in [-0.39, 0.29) is 11.0 Å². The predicted octanol–water partition coefficient (Wildman–Crippen LogP) is 3.63. The summed E-state index contributed by atoms with van der Waals surface area (Å²) in [5, 5.41) is 0. The lowest BCUT2D eigenvalue weighted by atomic mass is 9.73. The van der Waals surface area contributed by atoms with E-state index in [2.05, 4.69) is 34.6 Å². The molecule has 0 spiro atoms. The predicted molar refractivity (Wildman–Crippen MR) is 54.4 cm³/mol. The van der Waals surface area contributed by atoms with E-state index in [0.717, 1.165) is 0 Å². The second-order valence-electron chi connectivity index (χ2n) is 4.70. The van der Waals surface area contributed by atoms with E-state index >= 15 is 0 Å². The van der Waals surface area contributed by atoms with Gasteiger partial charge < -0.3 is 4.74 Å². The van der Waals surface area contributed by atoms with Crippen molar-refractivity contribution < 1.29 is 4.74 Å². The molecule has 0 aliphatic rings. The van der Waals surface area contributed by atoms with Gasteiger partial charge in [0, 0.05) is 7.11 Å². The number of ether oxygens (including phenoxy) is 1. The maximum atomic E-state index is 5.50. The van der Waals surface area contributed by atoms with Crippen LogP contribution in [0.5, 0.6) is 0 Å². The van der Waals surface area contributed by atoms with Gasteiger partial charge in [0.05, 0.1) is 5.60 Å². The summed E-state index contributed by atoms with van der Waals surface area (Å²) in [6, 6.07) is 0. The lowest BCUT2D eigenvalue weighted by Crippen LogP contribution is -2.40. The van der Waals surface area contributed by atoms with E-state index in [1.54, 1.807) is 7.11 Å². The first-order valence-corrected chi connectivity index (χ1v) is 4.92. The summed E-state index contributed by atoms with van der Waals surface area (Å²) in [5.74, 6) is 0. The van der Waals surface area contributed by atoms with Crippen LogP contribution in [0.3, 0.4) is 0 Å². The van der Waals surface area contributed by atoms with Gasteiger partial charge in [0.15, 0.2) is 0 Å². The molecule has 0 saturated heterocycles. The summed E-state index contributed by atoms with van der Waals surface area (Å²) in [5.41, 5.74) is 0.264. The molecule has 0 N–H and O–H groups in total. The molecule has 0 saturated carbocycles. The molecule has 12 heavy (non-hydrogen) atoms.